The van der Waals surface area contributed by atoms with Gasteiger partial charge in [0.1, 0.15) is 16.5 Å². The van der Waals surface area contributed by atoms with Gasteiger partial charge in [-0.05, 0) is 52.7 Å². The second kappa shape index (κ2) is 9.86. The van der Waals surface area contributed by atoms with E-state index >= 15 is 0 Å². The van der Waals surface area contributed by atoms with Crippen molar-refractivity contribution in [2.75, 3.05) is 18.4 Å². The average molecular weight is 571 g/mol. The van der Waals surface area contributed by atoms with Gasteiger partial charge in [0.05, 0.1) is 21.4 Å². The van der Waals surface area contributed by atoms with E-state index in [1.807, 2.05) is 6.07 Å². The van der Waals surface area contributed by atoms with Gasteiger partial charge < -0.3 is 10.4 Å². The minimum absolute atomic E-state index is 0.0610. The maximum atomic E-state index is 12.5. The topological polar surface area (TPSA) is 109 Å². The zero-order chi connectivity index (χ0) is 23.6. The number of fused-ring (bicyclic) bond motifs is 1. The third kappa shape index (κ3) is 5.25. The van der Waals surface area contributed by atoms with E-state index in [4.69, 9.17) is 23.2 Å². The lowest BCUT2D eigenvalue weighted by Gasteiger charge is -2.12. The molecule has 3 N–H and O–H groups in total. The molecular weight excluding hydrogens is 553 g/mol. The fraction of sp³-hybridized carbons (Fsp3) is 0.143. The second-order valence-corrected chi connectivity index (χ2v) is 10.5. The summed E-state index contributed by atoms with van der Waals surface area (Å²) >= 11 is 15.3. The summed E-state index contributed by atoms with van der Waals surface area (Å²) in [4.78, 5) is 4.53. The predicted molar refractivity (Wildman–Crippen MR) is 133 cm³/mol. The van der Waals surface area contributed by atoms with Crippen molar-refractivity contribution < 1.29 is 13.5 Å². The molecule has 0 unspecified atom stereocenters. The van der Waals surface area contributed by atoms with E-state index in [-0.39, 0.29) is 27.2 Å². The van der Waals surface area contributed by atoms with E-state index in [2.05, 4.69) is 36.1 Å². The molecule has 2 aromatic heterocycles. The number of benzene rings is 2. The molecule has 0 aliphatic heterocycles. The van der Waals surface area contributed by atoms with Crippen LogP contribution in [-0.2, 0) is 10.0 Å². The molecule has 12 heteroatoms. The number of nitrogens with zero attached hydrogens (tertiary/aromatic N) is 3. The Morgan fingerprint density at radius 2 is 1.88 bits per heavy atom. The summed E-state index contributed by atoms with van der Waals surface area (Å²) in [5.74, 6) is 0.759. The molecule has 0 amide bonds. The first-order valence-electron chi connectivity index (χ1n) is 9.77. The highest BCUT2D eigenvalue weighted by atomic mass is 79.9. The van der Waals surface area contributed by atoms with Crippen molar-refractivity contribution in [1.29, 1.82) is 0 Å². The molecule has 0 saturated heterocycles. The van der Waals surface area contributed by atoms with E-state index in [9.17, 15) is 13.5 Å². The summed E-state index contributed by atoms with van der Waals surface area (Å²) in [5.41, 5.74) is 1.73. The van der Waals surface area contributed by atoms with Crippen molar-refractivity contribution in [1.82, 2.24) is 19.3 Å². The maximum absolute atomic E-state index is 12.5. The highest BCUT2D eigenvalue weighted by molar-refractivity contribution is 9.10. The fourth-order valence-corrected chi connectivity index (χ4v) is 5.35. The maximum Gasteiger partial charge on any atom is 0.242 e. The summed E-state index contributed by atoms with van der Waals surface area (Å²) in [7, 11) is -3.79. The van der Waals surface area contributed by atoms with Crippen LogP contribution >= 0.6 is 39.1 Å². The summed E-state index contributed by atoms with van der Waals surface area (Å²) in [5, 5.41) is 18.2. The number of hydrogen-bond donors (Lipinski definition) is 3. The Bertz CT molecular complexity index is 1430. The monoisotopic (exact) mass is 569 g/mol. The van der Waals surface area contributed by atoms with Gasteiger partial charge in [0.2, 0.25) is 10.0 Å². The van der Waals surface area contributed by atoms with Crippen LogP contribution in [0.4, 0.5) is 5.82 Å². The normalized spacial score (nSPS) is 11.7. The number of rotatable bonds is 8. The first kappa shape index (κ1) is 23.8. The van der Waals surface area contributed by atoms with Crippen LogP contribution in [-0.4, -0.2) is 41.2 Å². The third-order valence-corrected chi connectivity index (χ3v) is 7.48. The number of aromatic nitrogens is 3. The standard InChI is InChI=1S/C21H18BrCl2N5O3S/c22-15-12-26-29-20(11-17(28-21(15)29)14-4-1-2-5-18(14)30)25-8-3-9-27-33(31,32)19-10-13(23)6-7-16(19)24/h1-2,4-7,10-12,25,27,30H,3,8-9H2. The number of hydrogen-bond acceptors (Lipinski definition) is 6. The van der Waals surface area contributed by atoms with Crippen molar-refractivity contribution in [3.8, 4) is 17.0 Å². The summed E-state index contributed by atoms with van der Waals surface area (Å²) in [6.07, 6.45) is 2.11. The number of aromatic hydroxyl groups is 1. The van der Waals surface area contributed by atoms with Gasteiger partial charge in [-0.25, -0.2) is 18.1 Å². The van der Waals surface area contributed by atoms with E-state index in [1.54, 1.807) is 35.0 Å². The molecule has 0 spiro atoms. The van der Waals surface area contributed by atoms with E-state index in [0.29, 0.717) is 40.2 Å². The third-order valence-electron chi connectivity index (χ3n) is 4.74. The van der Waals surface area contributed by atoms with Crippen LogP contribution in [0.2, 0.25) is 10.0 Å². The average Bonchev–Trinajstić information content (AvgIpc) is 3.16. The first-order chi connectivity index (χ1) is 15.8. The lowest BCUT2D eigenvalue weighted by molar-refractivity contribution is 0.477. The van der Waals surface area contributed by atoms with Gasteiger partial charge in [-0.3, -0.25) is 0 Å². The highest BCUT2D eigenvalue weighted by Crippen LogP contribution is 2.31. The van der Waals surface area contributed by atoms with Gasteiger partial charge in [-0.1, -0.05) is 35.3 Å². The Hall–Kier alpha value is -2.37. The molecule has 172 valence electrons. The SMILES string of the molecule is O=S(=O)(NCCCNc1cc(-c2ccccc2O)nc2c(Br)cnn12)c1cc(Cl)ccc1Cl. The minimum atomic E-state index is -3.79. The molecule has 0 aliphatic carbocycles. The molecule has 33 heavy (non-hydrogen) atoms. The van der Waals surface area contributed by atoms with E-state index in [1.165, 1.54) is 18.2 Å². The Balaban J connectivity index is 1.46. The van der Waals surface area contributed by atoms with Crippen LogP contribution in [0.25, 0.3) is 16.9 Å². The molecule has 0 saturated carbocycles. The molecule has 0 radical (unpaired) electrons. The molecule has 2 heterocycles. The highest BCUT2D eigenvalue weighted by Gasteiger charge is 2.18. The first-order valence-corrected chi connectivity index (χ1v) is 12.8. The Kier molecular flexibility index (Phi) is 7.10. The lowest BCUT2D eigenvalue weighted by Crippen LogP contribution is -2.26. The van der Waals surface area contributed by atoms with Crippen LogP contribution in [0.15, 0.2) is 64.1 Å². The number of phenolic OH excluding ortho intramolecular Hbond substituents is 1. The van der Waals surface area contributed by atoms with Crippen molar-refractivity contribution in [2.24, 2.45) is 0 Å². The summed E-state index contributed by atoms with van der Waals surface area (Å²) in [6, 6.07) is 13.0. The van der Waals surface area contributed by atoms with Crippen molar-refractivity contribution in [3.63, 3.8) is 0 Å². The van der Waals surface area contributed by atoms with Crippen LogP contribution in [0.5, 0.6) is 5.75 Å². The molecule has 0 bridgehead atoms. The van der Waals surface area contributed by atoms with Crippen LogP contribution in [0, 0.1) is 0 Å². The number of anilines is 1. The Morgan fingerprint density at radius 1 is 1.09 bits per heavy atom. The van der Waals surface area contributed by atoms with Crippen LogP contribution in [0.3, 0.4) is 0 Å². The quantitative estimate of drug-likeness (QED) is 0.259. The van der Waals surface area contributed by atoms with Gasteiger partial charge in [0.15, 0.2) is 5.65 Å². The van der Waals surface area contributed by atoms with Crippen molar-refractivity contribution in [3.05, 3.63) is 69.2 Å². The molecule has 4 aromatic rings. The molecule has 8 nitrogen and oxygen atoms in total. The molecule has 0 atom stereocenters. The van der Waals surface area contributed by atoms with Gasteiger partial charge in [-0.2, -0.15) is 9.61 Å². The predicted octanol–water partition coefficient (Wildman–Crippen LogP) is 4.95. The molecule has 0 aliphatic rings. The molecule has 2 aromatic carbocycles. The summed E-state index contributed by atoms with van der Waals surface area (Å²) in [6.45, 7) is 0.629. The lowest BCUT2D eigenvalue weighted by atomic mass is 10.1. The smallest absolute Gasteiger partial charge is 0.242 e. The zero-order valence-electron chi connectivity index (χ0n) is 17.0. The Morgan fingerprint density at radius 3 is 2.67 bits per heavy atom. The zero-order valence-corrected chi connectivity index (χ0v) is 20.9. The number of sulfonamides is 1. The van der Waals surface area contributed by atoms with Gasteiger partial charge in [-0.15, -0.1) is 0 Å². The van der Waals surface area contributed by atoms with Crippen LogP contribution in [0.1, 0.15) is 6.42 Å². The number of halogens is 3. The van der Waals surface area contributed by atoms with E-state index < -0.39 is 10.0 Å². The van der Waals surface area contributed by atoms with E-state index in [0.717, 1.165) is 0 Å². The van der Waals surface area contributed by atoms with Crippen molar-refractivity contribution in [2.45, 2.75) is 11.3 Å². The van der Waals surface area contributed by atoms with Gasteiger partial charge in [0, 0.05) is 29.7 Å². The largest absolute Gasteiger partial charge is 0.507 e. The fourth-order valence-electron chi connectivity index (χ4n) is 3.16. The number of phenols is 1. The molecule has 4 rings (SSSR count). The molecular formula is C21H18BrCl2N5O3S. The van der Waals surface area contributed by atoms with Crippen molar-refractivity contribution >= 4 is 60.6 Å². The van der Waals surface area contributed by atoms with Gasteiger partial charge >= 0.3 is 0 Å². The van der Waals surface area contributed by atoms with Crippen LogP contribution < -0.4 is 10.0 Å². The Labute approximate surface area is 208 Å². The minimum Gasteiger partial charge on any atom is -0.507 e. The number of nitrogens with one attached hydrogen (secondary N) is 2. The van der Waals surface area contributed by atoms with Gasteiger partial charge in [0.25, 0.3) is 0 Å². The summed E-state index contributed by atoms with van der Waals surface area (Å²) < 4.78 is 29.9. The molecule has 0 fully saturated rings. The number of para-hydroxylation sites is 1. The second-order valence-electron chi connectivity index (χ2n) is 7.02.